The van der Waals surface area contributed by atoms with Crippen molar-refractivity contribution < 1.29 is 9.90 Å². The Morgan fingerprint density at radius 2 is 1.89 bits per heavy atom. The highest BCUT2D eigenvalue weighted by atomic mass is 16.4. The van der Waals surface area contributed by atoms with Gasteiger partial charge in [-0.25, -0.2) is 4.79 Å². The summed E-state index contributed by atoms with van der Waals surface area (Å²) >= 11 is 0. The van der Waals surface area contributed by atoms with Gasteiger partial charge in [-0.2, -0.15) is 0 Å². The van der Waals surface area contributed by atoms with Crippen molar-refractivity contribution in [1.82, 2.24) is 9.80 Å². The molecule has 0 aromatic heterocycles. The summed E-state index contributed by atoms with van der Waals surface area (Å²) in [5, 5.41) is 8.85. The summed E-state index contributed by atoms with van der Waals surface area (Å²) in [7, 11) is 2.11. The molecule has 0 radical (unpaired) electrons. The van der Waals surface area contributed by atoms with E-state index >= 15 is 0 Å². The Hall–Kier alpha value is -1.39. The number of nitrogens with zero attached hydrogens (tertiary/aromatic N) is 2. The van der Waals surface area contributed by atoms with Crippen LogP contribution < -0.4 is 0 Å². The van der Waals surface area contributed by atoms with Gasteiger partial charge in [0.05, 0.1) is 5.56 Å². The van der Waals surface area contributed by atoms with Crippen molar-refractivity contribution in [3.63, 3.8) is 0 Å². The van der Waals surface area contributed by atoms with E-state index in [-0.39, 0.29) is 0 Å². The van der Waals surface area contributed by atoms with Gasteiger partial charge in [0.2, 0.25) is 0 Å². The first-order chi connectivity index (χ1) is 9.15. The minimum Gasteiger partial charge on any atom is -0.478 e. The Balaban J connectivity index is 1.77. The molecule has 0 saturated carbocycles. The predicted octanol–water partition coefficient (Wildman–Crippen LogP) is 1.91. The summed E-state index contributed by atoms with van der Waals surface area (Å²) in [4.78, 5) is 15.6. The third-order valence-electron chi connectivity index (χ3n) is 3.65. The SMILES string of the molecule is CN(CCN1CCCC1)Cc1ccc(C(=O)O)cc1. The topological polar surface area (TPSA) is 43.8 Å². The smallest absolute Gasteiger partial charge is 0.335 e. The molecule has 104 valence electrons. The molecule has 1 N–H and O–H groups in total. The van der Waals surface area contributed by atoms with Gasteiger partial charge in [0.1, 0.15) is 0 Å². The van der Waals surface area contributed by atoms with Crippen LogP contribution in [-0.4, -0.2) is 54.1 Å². The predicted molar refractivity (Wildman–Crippen MR) is 75.4 cm³/mol. The van der Waals surface area contributed by atoms with E-state index in [1.165, 1.54) is 25.9 Å². The summed E-state index contributed by atoms with van der Waals surface area (Å²) in [5.74, 6) is -0.867. The van der Waals surface area contributed by atoms with Crippen molar-refractivity contribution in [2.24, 2.45) is 0 Å². The van der Waals surface area contributed by atoms with Gasteiger partial charge in [-0.15, -0.1) is 0 Å². The third kappa shape index (κ3) is 4.33. The number of likely N-dealkylation sites (tertiary alicyclic amines) is 1. The molecule has 0 unspecified atom stereocenters. The molecule has 4 heteroatoms. The van der Waals surface area contributed by atoms with Crippen molar-refractivity contribution in [1.29, 1.82) is 0 Å². The summed E-state index contributed by atoms with van der Waals surface area (Å²) in [6.07, 6.45) is 2.67. The number of likely N-dealkylation sites (N-methyl/N-ethyl adjacent to an activating group) is 1. The number of benzene rings is 1. The van der Waals surface area contributed by atoms with Crippen LogP contribution in [-0.2, 0) is 6.54 Å². The van der Waals surface area contributed by atoms with Crippen molar-refractivity contribution in [3.8, 4) is 0 Å². The number of carbonyl (C=O) groups is 1. The van der Waals surface area contributed by atoms with Crippen LogP contribution in [0.15, 0.2) is 24.3 Å². The van der Waals surface area contributed by atoms with Crippen LogP contribution in [0.25, 0.3) is 0 Å². The Morgan fingerprint density at radius 3 is 2.47 bits per heavy atom. The number of rotatable bonds is 6. The minimum absolute atomic E-state index is 0.350. The van der Waals surface area contributed by atoms with E-state index in [0.717, 1.165) is 25.2 Å². The van der Waals surface area contributed by atoms with Crippen LogP contribution in [0.2, 0.25) is 0 Å². The molecule has 1 aromatic carbocycles. The van der Waals surface area contributed by atoms with Gasteiger partial charge in [0, 0.05) is 19.6 Å². The first kappa shape index (κ1) is 14.0. The zero-order valence-corrected chi connectivity index (χ0v) is 11.5. The van der Waals surface area contributed by atoms with Gasteiger partial charge in [-0.1, -0.05) is 12.1 Å². The Labute approximate surface area is 114 Å². The van der Waals surface area contributed by atoms with E-state index in [2.05, 4.69) is 16.8 Å². The fourth-order valence-corrected chi connectivity index (χ4v) is 2.46. The normalized spacial score (nSPS) is 16.1. The molecule has 19 heavy (non-hydrogen) atoms. The van der Waals surface area contributed by atoms with Crippen LogP contribution >= 0.6 is 0 Å². The fourth-order valence-electron chi connectivity index (χ4n) is 2.46. The van der Waals surface area contributed by atoms with Gasteiger partial charge in [0.15, 0.2) is 0 Å². The van der Waals surface area contributed by atoms with Gasteiger partial charge < -0.3 is 14.9 Å². The molecule has 1 saturated heterocycles. The maximum Gasteiger partial charge on any atom is 0.335 e. The molecule has 0 aliphatic carbocycles. The van der Waals surface area contributed by atoms with Crippen molar-refractivity contribution in [3.05, 3.63) is 35.4 Å². The van der Waals surface area contributed by atoms with Crippen LogP contribution in [0.1, 0.15) is 28.8 Å². The summed E-state index contributed by atoms with van der Waals surface area (Å²) in [5.41, 5.74) is 1.51. The molecule has 0 atom stereocenters. The highest BCUT2D eigenvalue weighted by Crippen LogP contribution is 2.09. The molecule has 0 spiro atoms. The van der Waals surface area contributed by atoms with Crippen molar-refractivity contribution in [2.45, 2.75) is 19.4 Å². The number of hydrogen-bond donors (Lipinski definition) is 1. The fraction of sp³-hybridized carbons (Fsp3) is 0.533. The second-order valence-corrected chi connectivity index (χ2v) is 5.29. The zero-order chi connectivity index (χ0) is 13.7. The maximum atomic E-state index is 10.8. The van der Waals surface area contributed by atoms with Crippen molar-refractivity contribution in [2.75, 3.05) is 33.2 Å². The Kier molecular flexibility index (Phi) is 4.93. The number of hydrogen-bond acceptors (Lipinski definition) is 3. The monoisotopic (exact) mass is 262 g/mol. The van der Waals surface area contributed by atoms with E-state index in [9.17, 15) is 4.79 Å². The Bertz CT molecular complexity index is 411. The molecule has 1 heterocycles. The lowest BCUT2D eigenvalue weighted by Crippen LogP contribution is -2.31. The molecule has 1 aliphatic heterocycles. The molecule has 1 aliphatic rings. The van der Waals surface area contributed by atoms with Crippen LogP contribution in [0, 0.1) is 0 Å². The summed E-state index contributed by atoms with van der Waals surface area (Å²) in [6.45, 7) is 5.53. The molecular formula is C15H22N2O2. The van der Waals surface area contributed by atoms with E-state index in [4.69, 9.17) is 5.11 Å². The summed E-state index contributed by atoms with van der Waals surface area (Å²) in [6, 6.07) is 7.14. The number of carboxylic acids is 1. The second kappa shape index (κ2) is 6.68. The first-order valence-electron chi connectivity index (χ1n) is 6.88. The molecule has 2 rings (SSSR count). The van der Waals surface area contributed by atoms with Crippen LogP contribution in [0.4, 0.5) is 0 Å². The van der Waals surface area contributed by atoms with Crippen LogP contribution in [0.3, 0.4) is 0 Å². The van der Waals surface area contributed by atoms with Gasteiger partial charge in [-0.3, -0.25) is 0 Å². The van der Waals surface area contributed by atoms with E-state index in [1.807, 2.05) is 12.1 Å². The van der Waals surface area contributed by atoms with E-state index in [1.54, 1.807) is 12.1 Å². The summed E-state index contributed by atoms with van der Waals surface area (Å²) < 4.78 is 0. The largest absolute Gasteiger partial charge is 0.478 e. The van der Waals surface area contributed by atoms with E-state index in [0.29, 0.717) is 5.56 Å². The standard InChI is InChI=1S/C15H22N2O2/c1-16(10-11-17-8-2-3-9-17)12-13-4-6-14(7-5-13)15(18)19/h4-7H,2-3,8-12H2,1H3,(H,18,19). The van der Waals surface area contributed by atoms with Gasteiger partial charge >= 0.3 is 5.97 Å². The number of aromatic carboxylic acids is 1. The Morgan fingerprint density at radius 1 is 1.26 bits per heavy atom. The molecule has 4 nitrogen and oxygen atoms in total. The quantitative estimate of drug-likeness (QED) is 0.850. The molecule has 0 amide bonds. The minimum atomic E-state index is -0.867. The highest BCUT2D eigenvalue weighted by molar-refractivity contribution is 5.87. The second-order valence-electron chi connectivity index (χ2n) is 5.29. The average Bonchev–Trinajstić information content (AvgIpc) is 2.90. The lowest BCUT2D eigenvalue weighted by molar-refractivity contribution is 0.0697. The maximum absolute atomic E-state index is 10.8. The first-order valence-corrected chi connectivity index (χ1v) is 6.88. The molecule has 1 aromatic rings. The molecule has 0 bridgehead atoms. The lowest BCUT2D eigenvalue weighted by Gasteiger charge is -2.21. The average molecular weight is 262 g/mol. The van der Waals surface area contributed by atoms with E-state index < -0.39 is 5.97 Å². The van der Waals surface area contributed by atoms with Crippen LogP contribution in [0.5, 0.6) is 0 Å². The van der Waals surface area contributed by atoms with Crippen molar-refractivity contribution >= 4 is 5.97 Å². The highest BCUT2D eigenvalue weighted by Gasteiger charge is 2.11. The molecular weight excluding hydrogens is 240 g/mol. The lowest BCUT2D eigenvalue weighted by atomic mass is 10.1. The zero-order valence-electron chi connectivity index (χ0n) is 11.5. The third-order valence-corrected chi connectivity index (χ3v) is 3.65. The van der Waals surface area contributed by atoms with Gasteiger partial charge in [0.25, 0.3) is 0 Å². The van der Waals surface area contributed by atoms with Gasteiger partial charge in [-0.05, 0) is 50.7 Å². The molecule has 1 fully saturated rings. The number of carboxylic acid groups (broad SMARTS) is 1.